The van der Waals surface area contributed by atoms with E-state index in [1.807, 2.05) is 42.8 Å². The van der Waals surface area contributed by atoms with Crippen LogP contribution in [0.3, 0.4) is 0 Å². The van der Waals surface area contributed by atoms with Crippen LogP contribution in [-0.2, 0) is 18.4 Å². The summed E-state index contributed by atoms with van der Waals surface area (Å²) in [5.41, 5.74) is 1.84. The van der Waals surface area contributed by atoms with Crippen LogP contribution in [0, 0.1) is 6.92 Å². The maximum Gasteiger partial charge on any atom is 0.234 e. The monoisotopic (exact) mass is 402 g/mol. The normalized spacial score (nSPS) is 10.6. The standard InChI is InChI=1S/C19H19ClN4O2S/c1-13-4-3-5-16(10-13)26-11-17-22-23-19(24(17)2)27-12-18(25)21-15-8-6-14(20)7-9-15/h3-10H,11-12H2,1-2H3,(H,21,25). The van der Waals surface area contributed by atoms with E-state index in [9.17, 15) is 4.79 Å². The highest BCUT2D eigenvalue weighted by molar-refractivity contribution is 7.99. The van der Waals surface area contributed by atoms with Crippen molar-refractivity contribution < 1.29 is 9.53 Å². The Balaban J connectivity index is 1.52. The molecule has 140 valence electrons. The Morgan fingerprint density at radius 3 is 2.74 bits per heavy atom. The third kappa shape index (κ3) is 5.48. The highest BCUT2D eigenvalue weighted by Gasteiger charge is 2.12. The SMILES string of the molecule is Cc1cccc(OCc2nnc(SCC(=O)Nc3ccc(Cl)cc3)n2C)c1. The van der Waals surface area contributed by atoms with Gasteiger partial charge in [-0.1, -0.05) is 35.5 Å². The van der Waals surface area contributed by atoms with Gasteiger partial charge in [-0.3, -0.25) is 4.79 Å². The average Bonchev–Trinajstić information content (AvgIpc) is 3.00. The lowest BCUT2D eigenvalue weighted by molar-refractivity contribution is -0.113. The molecule has 0 spiro atoms. The molecule has 1 N–H and O–H groups in total. The maximum absolute atomic E-state index is 12.1. The molecule has 0 radical (unpaired) electrons. The van der Waals surface area contributed by atoms with Gasteiger partial charge in [0.05, 0.1) is 5.75 Å². The number of rotatable bonds is 7. The van der Waals surface area contributed by atoms with Gasteiger partial charge in [0.1, 0.15) is 12.4 Å². The first-order chi connectivity index (χ1) is 13.0. The van der Waals surface area contributed by atoms with Crippen LogP contribution in [0.4, 0.5) is 5.69 Å². The van der Waals surface area contributed by atoms with Gasteiger partial charge in [0.2, 0.25) is 5.91 Å². The summed E-state index contributed by atoms with van der Waals surface area (Å²) >= 11 is 7.15. The summed E-state index contributed by atoms with van der Waals surface area (Å²) in [7, 11) is 1.86. The minimum atomic E-state index is -0.122. The molecular weight excluding hydrogens is 384 g/mol. The number of nitrogens with zero attached hydrogens (tertiary/aromatic N) is 3. The molecule has 0 aliphatic heterocycles. The molecular formula is C19H19ClN4O2S. The van der Waals surface area contributed by atoms with Gasteiger partial charge < -0.3 is 14.6 Å². The minimum absolute atomic E-state index is 0.122. The molecule has 2 aromatic carbocycles. The van der Waals surface area contributed by atoms with Gasteiger partial charge >= 0.3 is 0 Å². The molecule has 3 rings (SSSR count). The van der Waals surface area contributed by atoms with E-state index in [2.05, 4.69) is 15.5 Å². The number of nitrogens with one attached hydrogen (secondary N) is 1. The number of benzene rings is 2. The third-order valence-electron chi connectivity index (χ3n) is 3.74. The fraction of sp³-hybridized carbons (Fsp3) is 0.211. The van der Waals surface area contributed by atoms with Crippen molar-refractivity contribution in [3.05, 3.63) is 64.9 Å². The number of aromatic nitrogens is 3. The van der Waals surface area contributed by atoms with Gasteiger partial charge in [-0.2, -0.15) is 0 Å². The Bertz CT molecular complexity index is 928. The maximum atomic E-state index is 12.1. The lowest BCUT2D eigenvalue weighted by atomic mass is 10.2. The lowest BCUT2D eigenvalue weighted by Crippen LogP contribution is -2.14. The van der Waals surface area contributed by atoms with Gasteiger partial charge in [-0.25, -0.2) is 0 Å². The first-order valence-corrected chi connectivity index (χ1v) is 9.63. The number of carbonyl (C=O) groups is 1. The van der Waals surface area contributed by atoms with E-state index in [0.29, 0.717) is 28.3 Å². The van der Waals surface area contributed by atoms with E-state index in [-0.39, 0.29) is 11.7 Å². The summed E-state index contributed by atoms with van der Waals surface area (Å²) in [5, 5.41) is 12.4. The number of hydrogen-bond donors (Lipinski definition) is 1. The third-order valence-corrected chi connectivity index (χ3v) is 5.02. The second-order valence-electron chi connectivity index (χ2n) is 5.91. The summed E-state index contributed by atoms with van der Waals surface area (Å²) in [5.74, 6) is 1.59. The van der Waals surface area contributed by atoms with Crippen molar-refractivity contribution in [2.45, 2.75) is 18.7 Å². The first-order valence-electron chi connectivity index (χ1n) is 8.27. The predicted molar refractivity (Wildman–Crippen MR) is 107 cm³/mol. The smallest absolute Gasteiger partial charge is 0.234 e. The number of halogens is 1. The van der Waals surface area contributed by atoms with Crippen LogP contribution in [0.1, 0.15) is 11.4 Å². The summed E-state index contributed by atoms with van der Waals surface area (Å²) in [4.78, 5) is 12.1. The van der Waals surface area contributed by atoms with Crippen LogP contribution in [0.5, 0.6) is 5.75 Å². The molecule has 3 aromatic rings. The molecule has 0 fully saturated rings. The molecule has 1 aromatic heterocycles. The van der Waals surface area contributed by atoms with Crippen LogP contribution in [0.2, 0.25) is 5.02 Å². The van der Waals surface area contributed by atoms with Crippen molar-refractivity contribution in [2.75, 3.05) is 11.1 Å². The zero-order valence-corrected chi connectivity index (χ0v) is 16.5. The molecule has 0 unspecified atom stereocenters. The second kappa shape index (κ2) is 8.92. The Morgan fingerprint density at radius 2 is 2.00 bits per heavy atom. The topological polar surface area (TPSA) is 69.0 Å². The first kappa shape index (κ1) is 19.3. The molecule has 0 bridgehead atoms. The van der Waals surface area contributed by atoms with E-state index in [1.165, 1.54) is 11.8 Å². The number of anilines is 1. The van der Waals surface area contributed by atoms with Crippen molar-refractivity contribution in [3.63, 3.8) is 0 Å². The number of hydrogen-bond acceptors (Lipinski definition) is 5. The molecule has 0 atom stereocenters. The van der Waals surface area contributed by atoms with Crippen LogP contribution in [0.15, 0.2) is 53.7 Å². The van der Waals surface area contributed by atoms with Crippen molar-refractivity contribution in [1.82, 2.24) is 14.8 Å². The molecule has 1 heterocycles. The van der Waals surface area contributed by atoms with E-state index in [4.69, 9.17) is 16.3 Å². The Hall–Kier alpha value is -2.51. The van der Waals surface area contributed by atoms with E-state index in [1.54, 1.807) is 24.3 Å². The number of carbonyl (C=O) groups excluding carboxylic acids is 1. The lowest BCUT2D eigenvalue weighted by Gasteiger charge is -2.07. The van der Waals surface area contributed by atoms with E-state index < -0.39 is 0 Å². The van der Waals surface area contributed by atoms with Crippen LogP contribution in [-0.4, -0.2) is 26.4 Å². The molecule has 6 nitrogen and oxygen atoms in total. The molecule has 1 amide bonds. The highest BCUT2D eigenvalue weighted by atomic mass is 35.5. The quantitative estimate of drug-likeness (QED) is 0.603. The highest BCUT2D eigenvalue weighted by Crippen LogP contribution is 2.19. The van der Waals surface area contributed by atoms with Crippen molar-refractivity contribution >= 4 is 35.0 Å². The average molecular weight is 403 g/mol. The summed E-state index contributed by atoms with van der Waals surface area (Å²) in [6, 6.07) is 14.8. The van der Waals surface area contributed by atoms with Gasteiger partial charge in [-0.15, -0.1) is 10.2 Å². The number of ether oxygens (including phenoxy) is 1. The fourth-order valence-electron chi connectivity index (χ4n) is 2.31. The van der Waals surface area contributed by atoms with E-state index >= 15 is 0 Å². The zero-order valence-electron chi connectivity index (χ0n) is 15.0. The summed E-state index contributed by atoms with van der Waals surface area (Å²) < 4.78 is 7.59. The number of thioether (sulfide) groups is 1. The minimum Gasteiger partial charge on any atom is -0.486 e. The Kier molecular flexibility index (Phi) is 6.36. The van der Waals surface area contributed by atoms with Gasteiger partial charge in [0.15, 0.2) is 11.0 Å². The summed E-state index contributed by atoms with van der Waals surface area (Å²) in [6.07, 6.45) is 0. The van der Waals surface area contributed by atoms with E-state index in [0.717, 1.165) is 11.3 Å². The number of aryl methyl sites for hydroxylation is 1. The van der Waals surface area contributed by atoms with Gasteiger partial charge in [0, 0.05) is 17.8 Å². The largest absolute Gasteiger partial charge is 0.486 e. The van der Waals surface area contributed by atoms with Crippen molar-refractivity contribution in [3.8, 4) is 5.75 Å². The van der Waals surface area contributed by atoms with Crippen molar-refractivity contribution in [2.24, 2.45) is 7.05 Å². The molecule has 0 saturated carbocycles. The van der Waals surface area contributed by atoms with Gasteiger partial charge in [-0.05, 0) is 48.9 Å². The van der Waals surface area contributed by atoms with Crippen molar-refractivity contribution in [1.29, 1.82) is 0 Å². The number of amides is 1. The second-order valence-corrected chi connectivity index (χ2v) is 7.29. The van der Waals surface area contributed by atoms with Gasteiger partial charge in [0.25, 0.3) is 0 Å². The van der Waals surface area contributed by atoms with Crippen LogP contribution < -0.4 is 10.1 Å². The molecule has 0 aliphatic rings. The van der Waals surface area contributed by atoms with Crippen LogP contribution in [0.25, 0.3) is 0 Å². The predicted octanol–water partition coefficient (Wildman–Crippen LogP) is 4.09. The molecule has 0 saturated heterocycles. The molecule has 8 heteroatoms. The Labute approximate surface area is 166 Å². The zero-order chi connectivity index (χ0) is 19.2. The van der Waals surface area contributed by atoms with Crippen LogP contribution >= 0.6 is 23.4 Å². The molecule has 27 heavy (non-hydrogen) atoms. The molecule has 0 aliphatic carbocycles. The summed E-state index contributed by atoms with van der Waals surface area (Å²) in [6.45, 7) is 2.32. The Morgan fingerprint density at radius 1 is 1.22 bits per heavy atom. The fourth-order valence-corrected chi connectivity index (χ4v) is 3.17.